The van der Waals surface area contributed by atoms with Crippen LogP contribution in [0, 0.1) is 6.92 Å². The molecule has 0 aliphatic heterocycles. The van der Waals surface area contributed by atoms with Gasteiger partial charge in [0.05, 0.1) is 25.5 Å². The molecule has 6 nitrogen and oxygen atoms in total. The van der Waals surface area contributed by atoms with Crippen LogP contribution in [-0.2, 0) is 5.41 Å². The first-order chi connectivity index (χ1) is 13.1. The summed E-state index contributed by atoms with van der Waals surface area (Å²) < 4.78 is 7.32. The van der Waals surface area contributed by atoms with E-state index < -0.39 is 5.41 Å². The first-order valence-electron chi connectivity index (χ1n) is 8.97. The molecule has 0 aliphatic carbocycles. The summed E-state index contributed by atoms with van der Waals surface area (Å²) in [6, 6.07) is 12.8. The van der Waals surface area contributed by atoms with E-state index in [4.69, 9.17) is 4.74 Å². The number of pyridine rings is 1. The molecule has 0 atom stereocenters. The molecule has 0 amide bonds. The number of Topliss-reactive ketones (excluding diaryl/α,β-unsaturated/α-hetero) is 1. The van der Waals surface area contributed by atoms with Crippen molar-refractivity contribution in [1.82, 2.24) is 9.38 Å². The maximum atomic E-state index is 13.2. The topological polar surface area (TPSA) is 84.1 Å². The fraction of sp³-hybridized carbons (Fsp3) is 0.333. The van der Waals surface area contributed by atoms with Crippen molar-refractivity contribution in [2.24, 2.45) is 0 Å². The van der Waals surface area contributed by atoms with E-state index in [1.165, 1.54) is 0 Å². The summed E-state index contributed by atoms with van der Waals surface area (Å²) in [5.74, 6) is 0.418. The highest BCUT2D eigenvalue weighted by Crippen LogP contribution is 2.30. The molecule has 0 fully saturated rings. The van der Waals surface area contributed by atoms with Crippen molar-refractivity contribution in [2.75, 3.05) is 19.8 Å². The number of aryl methyl sites for hydroxylation is 1. The fourth-order valence-corrected chi connectivity index (χ4v) is 3.39. The van der Waals surface area contributed by atoms with Gasteiger partial charge in [0, 0.05) is 18.0 Å². The van der Waals surface area contributed by atoms with Crippen LogP contribution in [0.25, 0.3) is 5.65 Å². The zero-order valence-electron chi connectivity index (χ0n) is 16.0. The molecule has 0 unspecified atom stereocenters. The highest BCUT2D eigenvalue weighted by Gasteiger charge is 2.35. The van der Waals surface area contributed by atoms with Gasteiger partial charge in [-0.05, 0) is 31.5 Å². The summed E-state index contributed by atoms with van der Waals surface area (Å²) in [7, 11) is 0. The second-order valence-corrected chi connectivity index (χ2v) is 6.61. The van der Waals surface area contributed by atoms with Gasteiger partial charge in [-0.1, -0.05) is 30.3 Å². The zero-order chi connectivity index (χ0) is 19.4. The summed E-state index contributed by atoms with van der Waals surface area (Å²) in [6.45, 7) is 3.50. The van der Waals surface area contributed by atoms with Crippen LogP contribution in [0.15, 0.2) is 48.7 Å². The van der Waals surface area contributed by atoms with Gasteiger partial charge in [0.15, 0.2) is 17.2 Å². The number of hydrogen-bond acceptors (Lipinski definition) is 5. The van der Waals surface area contributed by atoms with Crippen molar-refractivity contribution in [3.8, 4) is 5.75 Å². The minimum absolute atomic E-state index is 0. The molecule has 0 bridgehead atoms. The number of imidazole rings is 1. The van der Waals surface area contributed by atoms with Crippen LogP contribution >= 0.6 is 12.4 Å². The van der Waals surface area contributed by atoms with E-state index >= 15 is 0 Å². The third-order valence-corrected chi connectivity index (χ3v) is 4.84. The molecule has 0 saturated heterocycles. The number of halogens is 1. The number of rotatable bonds is 8. The second kappa shape index (κ2) is 9.19. The highest BCUT2D eigenvalue weighted by atomic mass is 35.5. The average molecular weight is 405 g/mol. The van der Waals surface area contributed by atoms with Crippen LogP contribution in [0.2, 0.25) is 0 Å². The Morgan fingerprint density at radius 3 is 2.43 bits per heavy atom. The number of hydrogen-bond donors (Lipinski definition) is 2. The first-order valence-corrected chi connectivity index (χ1v) is 8.97. The van der Waals surface area contributed by atoms with Crippen LogP contribution in [-0.4, -0.2) is 45.2 Å². The second-order valence-electron chi connectivity index (χ2n) is 6.61. The Morgan fingerprint density at radius 2 is 1.82 bits per heavy atom. The number of ketones is 1. The largest absolute Gasteiger partial charge is 0.490 e. The van der Waals surface area contributed by atoms with Gasteiger partial charge >= 0.3 is 0 Å². The molecule has 3 aromatic rings. The number of aromatic nitrogens is 2. The first kappa shape index (κ1) is 21.9. The number of fused-ring (bicyclic) bond motifs is 1. The normalized spacial score (nSPS) is 11.3. The number of aliphatic hydroxyl groups excluding tert-OH is 2. The number of ether oxygens (including phenoxy) is 1. The summed E-state index contributed by atoms with van der Waals surface area (Å²) in [4.78, 5) is 17.7. The Labute approximate surface area is 170 Å². The molecule has 2 heterocycles. The predicted octanol–water partition coefficient (Wildman–Crippen LogP) is 2.96. The van der Waals surface area contributed by atoms with Crippen LogP contribution in [0.4, 0.5) is 0 Å². The molecular formula is C21H25ClN2O4. The SMILES string of the molecule is CCOc1cccn2c(C(=O)CC(CO)(CO)c3ccccc3)c(C)nc12.Cl. The lowest BCUT2D eigenvalue weighted by molar-refractivity contribution is 0.0782. The van der Waals surface area contributed by atoms with Crippen molar-refractivity contribution < 1.29 is 19.7 Å². The van der Waals surface area contributed by atoms with Crippen molar-refractivity contribution in [3.63, 3.8) is 0 Å². The van der Waals surface area contributed by atoms with Gasteiger partial charge in [0.1, 0.15) is 5.69 Å². The van der Waals surface area contributed by atoms with Gasteiger partial charge in [-0.2, -0.15) is 0 Å². The third-order valence-electron chi connectivity index (χ3n) is 4.84. The van der Waals surface area contributed by atoms with Crippen LogP contribution in [0.5, 0.6) is 5.75 Å². The summed E-state index contributed by atoms with van der Waals surface area (Å²) >= 11 is 0. The van der Waals surface area contributed by atoms with Crippen molar-refractivity contribution >= 4 is 23.8 Å². The molecule has 0 aliphatic rings. The molecule has 2 N–H and O–H groups in total. The fourth-order valence-electron chi connectivity index (χ4n) is 3.39. The lowest BCUT2D eigenvalue weighted by Crippen LogP contribution is -2.37. The average Bonchev–Trinajstić information content (AvgIpc) is 3.04. The summed E-state index contributed by atoms with van der Waals surface area (Å²) in [6.07, 6.45) is 1.74. The number of carbonyl (C=O) groups excluding carboxylic acids is 1. The molecule has 150 valence electrons. The van der Waals surface area contributed by atoms with Gasteiger partial charge in [-0.15, -0.1) is 12.4 Å². The minimum Gasteiger partial charge on any atom is -0.490 e. The lowest BCUT2D eigenvalue weighted by atomic mass is 9.77. The molecular weight excluding hydrogens is 380 g/mol. The van der Waals surface area contributed by atoms with Crippen molar-refractivity contribution in [2.45, 2.75) is 25.7 Å². The Morgan fingerprint density at radius 1 is 1.14 bits per heavy atom. The molecule has 0 spiro atoms. The molecule has 28 heavy (non-hydrogen) atoms. The van der Waals surface area contributed by atoms with E-state index in [0.29, 0.717) is 29.4 Å². The van der Waals surface area contributed by atoms with E-state index in [0.717, 1.165) is 5.56 Å². The number of benzene rings is 1. The minimum atomic E-state index is -1.05. The molecule has 3 rings (SSSR count). The standard InChI is InChI=1S/C21H24N2O4.ClH/c1-3-27-18-10-7-11-23-19(15(2)22-20(18)23)17(26)12-21(13-24,14-25)16-8-5-4-6-9-16;/h4-11,24-25H,3,12-14H2,1-2H3;1H. The Bertz CT molecular complexity index is 936. The maximum absolute atomic E-state index is 13.2. The molecule has 1 aromatic carbocycles. The van der Waals surface area contributed by atoms with E-state index in [9.17, 15) is 15.0 Å². The van der Waals surface area contributed by atoms with E-state index in [1.807, 2.05) is 43.3 Å². The Balaban J connectivity index is 0.00000280. The molecule has 7 heteroatoms. The van der Waals surface area contributed by atoms with E-state index in [1.54, 1.807) is 23.6 Å². The Hall–Kier alpha value is -2.41. The summed E-state index contributed by atoms with van der Waals surface area (Å²) in [5.41, 5.74) is 1.29. The van der Waals surface area contributed by atoms with Gasteiger partial charge in [0.25, 0.3) is 0 Å². The summed E-state index contributed by atoms with van der Waals surface area (Å²) in [5, 5.41) is 20.0. The molecule has 2 aromatic heterocycles. The predicted molar refractivity (Wildman–Crippen MR) is 110 cm³/mol. The van der Waals surface area contributed by atoms with Crippen LogP contribution in [0.1, 0.15) is 35.1 Å². The molecule has 0 radical (unpaired) electrons. The van der Waals surface area contributed by atoms with Crippen molar-refractivity contribution in [3.05, 3.63) is 65.6 Å². The van der Waals surface area contributed by atoms with Gasteiger partial charge < -0.3 is 14.9 Å². The highest BCUT2D eigenvalue weighted by molar-refractivity contribution is 5.97. The number of nitrogens with zero attached hydrogens (tertiary/aromatic N) is 2. The third kappa shape index (κ3) is 3.90. The van der Waals surface area contributed by atoms with Crippen LogP contribution < -0.4 is 4.74 Å². The monoisotopic (exact) mass is 404 g/mol. The van der Waals surface area contributed by atoms with E-state index in [-0.39, 0.29) is 37.8 Å². The maximum Gasteiger partial charge on any atom is 0.182 e. The number of aliphatic hydroxyl groups is 2. The Kier molecular flexibility index (Phi) is 7.18. The lowest BCUT2D eigenvalue weighted by Gasteiger charge is -2.29. The van der Waals surface area contributed by atoms with Crippen molar-refractivity contribution in [1.29, 1.82) is 0 Å². The smallest absolute Gasteiger partial charge is 0.182 e. The van der Waals surface area contributed by atoms with Gasteiger partial charge in [0.2, 0.25) is 0 Å². The number of carbonyl (C=O) groups is 1. The molecule has 0 saturated carbocycles. The van der Waals surface area contributed by atoms with Crippen LogP contribution in [0.3, 0.4) is 0 Å². The van der Waals surface area contributed by atoms with Gasteiger partial charge in [-0.25, -0.2) is 4.98 Å². The zero-order valence-corrected chi connectivity index (χ0v) is 16.8. The quantitative estimate of drug-likeness (QED) is 0.564. The van der Waals surface area contributed by atoms with Gasteiger partial charge in [-0.3, -0.25) is 9.20 Å². The van der Waals surface area contributed by atoms with E-state index in [2.05, 4.69) is 4.98 Å².